The number of nitrogens with one attached hydrogen (secondary N) is 1. The third kappa shape index (κ3) is 3.29. The molecule has 1 aliphatic carbocycles. The quantitative estimate of drug-likeness (QED) is 0.774. The van der Waals surface area contributed by atoms with E-state index in [1.165, 1.54) is 0 Å². The first-order valence-corrected chi connectivity index (χ1v) is 8.72. The van der Waals surface area contributed by atoms with Crippen molar-refractivity contribution in [2.24, 2.45) is 5.92 Å². The van der Waals surface area contributed by atoms with Crippen molar-refractivity contribution in [3.8, 4) is 5.75 Å². The van der Waals surface area contributed by atoms with Crippen molar-refractivity contribution in [2.45, 2.75) is 38.7 Å². The number of benzene rings is 1. The van der Waals surface area contributed by atoms with Crippen molar-refractivity contribution >= 4 is 28.5 Å². The Labute approximate surface area is 151 Å². The SMILES string of the molecule is CNC(=O)[C@H]1CC[C@H](Oc2cccc3nc(C)c(C(=O)O)c(N)c23)CC1. The number of nitrogens with zero attached hydrogens (tertiary/aromatic N) is 1. The zero-order valence-electron chi connectivity index (χ0n) is 14.9. The molecule has 3 rings (SSSR count). The van der Waals surface area contributed by atoms with Gasteiger partial charge in [-0.1, -0.05) is 6.07 Å². The number of carbonyl (C=O) groups is 2. The number of hydrogen-bond donors (Lipinski definition) is 3. The van der Waals surface area contributed by atoms with Crippen molar-refractivity contribution < 1.29 is 19.4 Å². The summed E-state index contributed by atoms with van der Waals surface area (Å²) in [7, 11) is 1.65. The first kappa shape index (κ1) is 18.0. The summed E-state index contributed by atoms with van der Waals surface area (Å²) in [6.07, 6.45) is 3.03. The molecule has 138 valence electrons. The molecule has 0 bridgehead atoms. The van der Waals surface area contributed by atoms with E-state index in [1.807, 2.05) is 6.07 Å². The van der Waals surface area contributed by atoms with Gasteiger partial charge in [-0.15, -0.1) is 0 Å². The Bertz CT molecular complexity index is 857. The van der Waals surface area contributed by atoms with E-state index in [4.69, 9.17) is 10.5 Å². The number of carbonyl (C=O) groups excluding carboxylic acids is 1. The molecule has 0 saturated heterocycles. The van der Waals surface area contributed by atoms with E-state index in [1.54, 1.807) is 26.1 Å². The smallest absolute Gasteiger partial charge is 0.339 e. The summed E-state index contributed by atoms with van der Waals surface area (Å²) in [5, 5.41) is 12.6. The van der Waals surface area contributed by atoms with Crippen LogP contribution in [0.2, 0.25) is 0 Å². The summed E-state index contributed by atoms with van der Waals surface area (Å²) in [5.41, 5.74) is 7.33. The third-order valence-electron chi connectivity index (χ3n) is 4.99. The van der Waals surface area contributed by atoms with E-state index < -0.39 is 5.97 Å². The van der Waals surface area contributed by atoms with Gasteiger partial charge < -0.3 is 20.9 Å². The lowest BCUT2D eigenvalue weighted by atomic mass is 9.87. The number of hydrogen-bond acceptors (Lipinski definition) is 5. The molecular formula is C19H23N3O4. The predicted octanol–water partition coefficient (Wildman–Crippen LogP) is 2.51. The number of nitrogen functional groups attached to an aromatic ring is 1. The van der Waals surface area contributed by atoms with Gasteiger partial charge in [0.25, 0.3) is 0 Å². The Balaban J connectivity index is 1.88. The summed E-state index contributed by atoms with van der Waals surface area (Å²) in [6.45, 7) is 1.63. The van der Waals surface area contributed by atoms with Crippen LogP contribution in [0.1, 0.15) is 41.7 Å². The Kier molecular flexibility index (Phi) is 4.97. The first-order chi connectivity index (χ1) is 12.4. The van der Waals surface area contributed by atoms with E-state index in [9.17, 15) is 14.7 Å². The number of fused-ring (bicyclic) bond motifs is 1. The third-order valence-corrected chi connectivity index (χ3v) is 4.99. The normalized spacial score (nSPS) is 19.9. The Hall–Kier alpha value is -2.83. The molecule has 0 spiro atoms. The van der Waals surface area contributed by atoms with E-state index in [-0.39, 0.29) is 29.2 Å². The molecule has 1 fully saturated rings. The fourth-order valence-corrected chi connectivity index (χ4v) is 3.63. The summed E-state index contributed by atoms with van der Waals surface area (Å²) in [4.78, 5) is 27.6. The number of aryl methyl sites for hydroxylation is 1. The highest BCUT2D eigenvalue weighted by Crippen LogP contribution is 2.36. The van der Waals surface area contributed by atoms with Crippen LogP contribution in [0.4, 0.5) is 5.69 Å². The number of aromatic nitrogens is 1. The molecule has 1 aromatic heterocycles. The second-order valence-electron chi connectivity index (χ2n) is 6.65. The largest absolute Gasteiger partial charge is 0.490 e. The summed E-state index contributed by atoms with van der Waals surface area (Å²) >= 11 is 0. The number of nitrogens with two attached hydrogens (primary N) is 1. The van der Waals surface area contributed by atoms with Crippen LogP contribution in [0.25, 0.3) is 10.9 Å². The maximum absolute atomic E-state index is 11.8. The number of ether oxygens (including phenoxy) is 1. The van der Waals surface area contributed by atoms with Gasteiger partial charge in [0, 0.05) is 13.0 Å². The standard InChI is InChI=1S/C19H23N3O4/c1-10-15(19(24)25)17(20)16-13(22-10)4-3-5-14(16)26-12-8-6-11(7-9-12)18(23)21-2/h3-5,11-12H,6-9H2,1-2H3,(H2,20,22)(H,21,23)(H,24,25)/t11-,12-. The molecule has 7 nitrogen and oxygen atoms in total. The molecule has 1 saturated carbocycles. The van der Waals surface area contributed by atoms with Crippen molar-refractivity contribution in [1.82, 2.24) is 10.3 Å². The summed E-state index contributed by atoms with van der Waals surface area (Å²) in [6, 6.07) is 5.39. The number of anilines is 1. The summed E-state index contributed by atoms with van der Waals surface area (Å²) < 4.78 is 6.14. The Morgan fingerprint density at radius 3 is 2.58 bits per heavy atom. The van der Waals surface area contributed by atoms with Gasteiger partial charge in [-0.2, -0.15) is 0 Å². The maximum atomic E-state index is 11.8. The first-order valence-electron chi connectivity index (χ1n) is 8.72. The number of carboxylic acid groups (broad SMARTS) is 1. The van der Waals surface area contributed by atoms with Crippen LogP contribution in [-0.2, 0) is 4.79 Å². The Morgan fingerprint density at radius 2 is 1.96 bits per heavy atom. The van der Waals surface area contributed by atoms with Crippen LogP contribution in [0.3, 0.4) is 0 Å². The molecule has 26 heavy (non-hydrogen) atoms. The number of rotatable bonds is 4. The van der Waals surface area contributed by atoms with Crippen molar-refractivity contribution in [3.05, 3.63) is 29.5 Å². The fraction of sp³-hybridized carbons (Fsp3) is 0.421. The highest BCUT2D eigenvalue weighted by atomic mass is 16.5. The van der Waals surface area contributed by atoms with E-state index in [0.29, 0.717) is 22.3 Å². The van der Waals surface area contributed by atoms with Gasteiger partial charge in [0.15, 0.2) is 0 Å². The second kappa shape index (κ2) is 7.19. The van der Waals surface area contributed by atoms with Crippen LogP contribution in [0, 0.1) is 12.8 Å². The van der Waals surface area contributed by atoms with Crippen molar-refractivity contribution in [1.29, 1.82) is 0 Å². The van der Waals surface area contributed by atoms with Gasteiger partial charge >= 0.3 is 5.97 Å². The van der Waals surface area contributed by atoms with Crippen LogP contribution in [-0.4, -0.2) is 35.1 Å². The molecule has 0 radical (unpaired) electrons. The van der Waals surface area contributed by atoms with Gasteiger partial charge in [0.05, 0.1) is 28.4 Å². The average Bonchev–Trinajstić information content (AvgIpc) is 2.61. The minimum absolute atomic E-state index is 0.0110. The molecule has 0 aliphatic heterocycles. The molecule has 4 N–H and O–H groups in total. The van der Waals surface area contributed by atoms with Gasteiger partial charge in [0.2, 0.25) is 5.91 Å². The van der Waals surface area contributed by atoms with E-state index >= 15 is 0 Å². The average molecular weight is 357 g/mol. The molecule has 0 unspecified atom stereocenters. The minimum atomic E-state index is -1.10. The monoisotopic (exact) mass is 357 g/mol. The van der Waals surface area contributed by atoms with Gasteiger partial charge in [-0.3, -0.25) is 9.78 Å². The number of aromatic carboxylic acids is 1. The van der Waals surface area contributed by atoms with Crippen molar-refractivity contribution in [3.63, 3.8) is 0 Å². The topological polar surface area (TPSA) is 115 Å². The van der Waals surface area contributed by atoms with Crippen LogP contribution < -0.4 is 15.8 Å². The predicted molar refractivity (Wildman–Crippen MR) is 98.3 cm³/mol. The number of pyridine rings is 1. The molecule has 7 heteroatoms. The fourth-order valence-electron chi connectivity index (χ4n) is 3.63. The molecule has 1 aromatic carbocycles. The highest BCUT2D eigenvalue weighted by Gasteiger charge is 2.27. The highest BCUT2D eigenvalue weighted by molar-refractivity contribution is 6.06. The number of amides is 1. The van der Waals surface area contributed by atoms with Gasteiger partial charge in [-0.05, 0) is 44.7 Å². The van der Waals surface area contributed by atoms with Crippen LogP contribution >= 0.6 is 0 Å². The Morgan fingerprint density at radius 1 is 1.27 bits per heavy atom. The molecule has 1 amide bonds. The summed E-state index contributed by atoms with van der Waals surface area (Å²) in [5.74, 6) is -0.460. The lowest BCUT2D eigenvalue weighted by molar-refractivity contribution is -0.125. The van der Waals surface area contributed by atoms with Gasteiger partial charge in [-0.25, -0.2) is 4.79 Å². The van der Waals surface area contributed by atoms with E-state index in [0.717, 1.165) is 25.7 Å². The number of carboxylic acids is 1. The minimum Gasteiger partial charge on any atom is -0.490 e. The molecule has 1 heterocycles. The second-order valence-corrected chi connectivity index (χ2v) is 6.65. The zero-order chi connectivity index (χ0) is 18.8. The van der Waals surface area contributed by atoms with Crippen LogP contribution in [0.15, 0.2) is 18.2 Å². The van der Waals surface area contributed by atoms with Crippen LogP contribution in [0.5, 0.6) is 5.75 Å². The van der Waals surface area contributed by atoms with Crippen molar-refractivity contribution in [2.75, 3.05) is 12.8 Å². The maximum Gasteiger partial charge on any atom is 0.339 e. The molecule has 0 atom stereocenters. The van der Waals surface area contributed by atoms with Gasteiger partial charge in [0.1, 0.15) is 11.3 Å². The van der Waals surface area contributed by atoms with E-state index in [2.05, 4.69) is 10.3 Å². The molecule has 1 aliphatic rings. The lowest BCUT2D eigenvalue weighted by Gasteiger charge is -2.28. The zero-order valence-corrected chi connectivity index (χ0v) is 14.9. The molecular weight excluding hydrogens is 334 g/mol. The lowest BCUT2D eigenvalue weighted by Crippen LogP contribution is -2.33. The molecule has 2 aromatic rings.